The van der Waals surface area contributed by atoms with Gasteiger partial charge in [-0.3, -0.25) is 0 Å². The SMILES string of the molecule is O[Si](O)(O)CCC[P+](c1ccccc1)(c1ccccc1)C1CCCCC1. The lowest BCUT2D eigenvalue weighted by Gasteiger charge is -2.37. The van der Waals surface area contributed by atoms with Gasteiger partial charge in [0.25, 0.3) is 0 Å². The third kappa shape index (κ3) is 4.62. The van der Waals surface area contributed by atoms with Gasteiger partial charge in [-0.2, -0.15) is 0 Å². The first kappa shape index (κ1) is 19.7. The average Bonchev–Trinajstić information content (AvgIpc) is 2.67. The molecule has 140 valence electrons. The van der Waals surface area contributed by atoms with Crippen LogP contribution in [-0.4, -0.2) is 35.0 Å². The van der Waals surface area contributed by atoms with Crippen LogP contribution in [0.5, 0.6) is 0 Å². The maximum absolute atomic E-state index is 9.53. The highest BCUT2D eigenvalue weighted by molar-refractivity contribution is 7.90. The van der Waals surface area contributed by atoms with Gasteiger partial charge < -0.3 is 14.4 Å². The number of rotatable bonds is 7. The lowest BCUT2D eigenvalue weighted by atomic mass is 10.0. The molecule has 1 aliphatic carbocycles. The molecule has 0 saturated heterocycles. The van der Waals surface area contributed by atoms with Crippen LogP contribution in [0.2, 0.25) is 6.04 Å². The molecule has 0 spiro atoms. The molecular weight excluding hydrogens is 359 g/mol. The molecule has 0 aromatic heterocycles. The Morgan fingerprint density at radius 1 is 0.769 bits per heavy atom. The molecule has 5 heteroatoms. The van der Waals surface area contributed by atoms with Gasteiger partial charge in [-0.05, 0) is 56.4 Å². The maximum atomic E-state index is 9.53. The molecule has 26 heavy (non-hydrogen) atoms. The van der Waals surface area contributed by atoms with Crippen molar-refractivity contribution in [2.75, 3.05) is 6.16 Å². The molecule has 3 nitrogen and oxygen atoms in total. The fourth-order valence-electron chi connectivity index (χ4n) is 4.49. The van der Waals surface area contributed by atoms with Gasteiger partial charge >= 0.3 is 8.80 Å². The highest BCUT2D eigenvalue weighted by Gasteiger charge is 2.50. The summed E-state index contributed by atoms with van der Waals surface area (Å²) >= 11 is 0. The van der Waals surface area contributed by atoms with E-state index in [1.807, 2.05) is 0 Å². The van der Waals surface area contributed by atoms with E-state index in [9.17, 15) is 14.4 Å². The van der Waals surface area contributed by atoms with Gasteiger partial charge in [0.15, 0.2) is 0 Å². The number of hydrogen-bond donors (Lipinski definition) is 3. The molecule has 3 rings (SSSR count). The van der Waals surface area contributed by atoms with E-state index in [0.29, 0.717) is 12.1 Å². The monoisotopic (exact) mass is 389 g/mol. The summed E-state index contributed by atoms with van der Waals surface area (Å²) in [6, 6.07) is 21.8. The molecule has 0 heterocycles. The van der Waals surface area contributed by atoms with Crippen LogP contribution in [0.4, 0.5) is 0 Å². The number of benzene rings is 2. The third-order valence-electron chi connectivity index (χ3n) is 5.65. The Hall–Kier alpha value is -1.03. The predicted octanol–water partition coefficient (Wildman–Crippen LogP) is 3.29. The molecular formula is C21H30O3PSi+. The summed E-state index contributed by atoms with van der Waals surface area (Å²) in [7, 11) is -5.66. The van der Waals surface area contributed by atoms with Crippen LogP contribution in [0.3, 0.4) is 0 Å². The first-order valence-corrected chi connectivity index (χ1v) is 13.8. The Balaban J connectivity index is 2.04. The molecule has 0 aliphatic heterocycles. The molecule has 0 radical (unpaired) electrons. The van der Waals surface area contributed by atoms with Crippen LogP contribution in [0, 0.1) is 0 Å². The van der Waals surface area contributed by atoms with E-state index in [1.54, 1.807) is 0 Å². The summed E-state index contributed by atoms with van der Waals surface area (Å²) in [5.41, 5.74) is 0.646. The van der Waals surface area contributed by atoms with Gasteiger partial charge in [0, 0.05) is 6.04 Å². The summed E-state index contributed by atoms with van der Waals surface area (Å²) in [4.78, 5) is 28.6. The van der Waals surface area contributed by atoms with Crippen molar-refractivity contribution in [3.63, 3.8) is 0 Å². The second-order valence-corrected chi connectivity index (χ2v) is 13.4. The molecule has 0 atom stereocenters. The lowest BCUT2D eigenvalue weighted by Crippen LogP contribution is -2.37. The van der Waals surface area contributed by atoms with Crippen LogP contribution >= 0.6 is 7.26 Å². The minimum Gasteiger partial charge on any atom is -0.390 e. The van der Waals surface area contributed by atoms with E-state index in [1.165, 1.54) is 42.7 Å². The van der Waals surface area contributed by atoms with E-state index in [2.05, 4.69) is 60.7 Å². The van der Waals surface area contributed by atoms with E-state index in [0.717, 1.165) is 6.16 Å². The summed E-state index contributed by atoms with van der Waals surface area (Å²) < 4.78 is 0. The Morgan fingerprint density at radius 2 is 1.27 bits per heavy atom. The van der Waals surface area contributed by atoms with Gasteiger partial charge in [0.2, 0.25) is 0 Å². The van der Waals surface area contributed by atoms with Crippen molar-refractivity contribution in [2.45, 2.75) is 50.2 Å². The fraction of sp³-hybridized carbons (Fsp3) is 0.429. The van der Waals surface area contributed by atoms with Gasteiger partial charge in [0.05, 0.1) is 29.7 Å². The van der Waals surface area contributed by atoms with Gasteiger partial charge in [-0.25, -0.2) is 0 Å². The number of hydrogen-bond acceptors (Lipinski definition) is 3. The molecule has 0 amide bonds. The topological polar surface area (TPSA) is 60.7 Å². The Bertz CT molecular complexity index is 627. The van der Waals surface area contributed by atoms with Crippen molar-refractivity contribution in [3.05, 3.63) is 60.7 Å². The van der Waals surface area contributed by atoms with Crippen molar-refractivity contribution in [2.24, 2.45) is 0 Å². The molecule has 1 aliphatic rings. The molecule has 2 aromatic rings. The molecule has 2 aromatic carbocycles. The first-order chi connectivity index (χ1) is 12.5. The predicted molar refractivity (Wildman–Crippen MR) is 113 cm³/mol. The van der Waals surface area contributed by atoms with E-state index in [4.69, 9.17) is 0 Å². The van der Waals surface area contributed by atoms with Crippen LogP contribution in [0.25, 0.3) is 0 Å². The van der Waals surface area contributed by atoms with Crippen molar-refractivity contribution in [1.29, 1.82) is 0 Å². The van der Waals surface area contributed by atoms with Gasteiger partial charge in [0.1, 0.15) is 0 Å². The molecule has 1 fully saturated rings. The second-order valence-electron chi connectivity index (χ2n) is 7.43. The molecule has 3 N–H and O–H groups in total. The smallest absolute Gasteiger partial charge is 0.390 e. The van der Waals surface area contributed by atoms with Crippen molar-refractivity contribution >= 4 is 26.7 Å². The summed E-state index contributed by atoms with van der Waals surface area (Å²) in [5.74, 6) is 0. The zero-order valence-electron chi connectivity index (χ0n) is 15.3. The highest BCUT2D eigenvalue weighted by atomic mass is 31.2. The van der Waals surface area contributed by atoms with Gasteiger partial charge in [-0.15, -0.1) is 0 Å². The van der Waals surface area contributed by atoms with Crippen LogP contribution in [-0.2, 0) is 0 Å². The summed E-state index contributed by atoms with van der Waals surface area (Å²) in [6.07, 6.45) is 7.97. The van der Waals surface area contributed by atoms with Crippen LogP contribution < -0.4 is 10.6 Å². The zero-order chi connectivity index (χ0) is 18.5. The lowest BCUT2D eigenvalue weighted by molar-refractivity contribution is 0.227. The normalized spacial score (nSPS) is 16.6. The van der Waals surface area contributed by atoms with Crippen LogP contribution in [0.1, 0.15) is 38.5 Å². The standard InChI is InChI=1S/C21H30O3PSi/c22-26(23,24)18-10-17-25(19-11-4-1-5-12-19,20-13-6-2-7-14-20)21-15-8-3-9-16-21/h1-2,4-7,11-14,21-24H,3,8-10,15-18H2/q+1. The van der Waals surface area contributed by atoms with E-state index < -0.39 is 16.1 Å². The summed E-state index contributed by atoms with van der Waals surface area (Å²) in [5, 5.41) is 2.83. The zero-order valence-corrected chi connectivity index (χ0v) is 17.2. The fourth-order valence-corrected chi connectivity index (χ4v) is 10.8. The van der Waals surface area contributed by atoms with Crippen molar-refractivity contribution in [1.82, 2.24) is 0 Å². The largest absolute Gasteiger partial charge is 0.492 e. The van der Waals surface area contributed by atoms with E-state index in [-0.39, 0.29) is 6.04 Å². The van der Waals surface area contributed by atoms with E-state index >= 15 is 0 Å². The first-order valence-electron chi connectivity index (χ1n) is 9.68. The Kier molecular flexibility index (Phi) is 6.65. The minimum atomic E-state index is -3.99. The van der Waals surface area contributed by atoms with Crippen LogP contribution in [0.15, 0.2) is 60.7 Å². The van der Waals surface area contributed by atoms with Gasteiger partial charge in [-0.1, -0.05) is 42.8 Å². The summed E-state index contributed by atoms with van der Waals surface area (Å²) in [6.45, 7) is 0. The maximum Gasteiger partial charge on any atom is 0.492 e. The third-order valence-corrected chi connectivity index (χ3v) is 11.9. The quantitative estimate of drug-likeness (QED) is 0.503. The van der Waals surface area contributed by atoms with Crippen molar-refractivity contribution < 1.29 is 14.4 Å². The Morgan fingerprint density at radius 3 is 1.73 bits per heavy atom. The molecule has 0 bridgehead atoms. The minimum absolute atomic E-state index is 0.126. The average molecular weight is 390 g/mol. The molecule has 0 unspecified atom stereocenters. The Labute approximate surface area is 158 Å². The molecule has 1 saturated carbocycles. The second kappa shape index (κ2) is 8.77. The van der Waals surface area contributed by atoms with Crippen molar-refractivity contribution in [3.8, 4) is 0 Å². The highest BCUT2D eigenvalue weighted by Crippen LogP contribution is 2.64.